The van der Waals surface area contributed by atoms with Crippen molar-refractivity contribution >= 4 is 16.9 Å². The van der Waals surface area contributed by atoms with Crippen LogP contribution in [0.2, 0.25) is 0 Å². The van der Waals surface area contributed by atoms with Crippen molar-refractivity contribution in [1.29, 1.82) is 0 Å². The lowest BCUT2D eigenvalue weighted by Gasteiger charge is -2.23. The Labute approximate surface area is 133 Å². The van der Waals surface area contributed by atoms with Crippen LogP contribution in [0.25, 0.3) is 11.0 Å². The van der Waals surface area contributed by atoms with E-state index < -0.39 is 5.69 Å². The van der Waals surface area contributed by atoms with Crippen molar-refractivity contribution in [2.45, 2.75) is 44.7 Å². The SMILES string of the molecule is Cn1c(=O)c2ccn(CC(=O)NC3CCCCC3)c2n(C)c1=O. The molecule has 7 heteroatoms. The lowest BCUT2D eigenvalue weighted by molar-refractivity contribution is -0.122. The van der Waals surface area contributed by atoms with Crippen LogP contribution in [-0.2, 0) is 25.4 Å². The first-order chi connectivity index (χ1) is 11.0. The number of fused-ring (bicyclic) bond motifs is 1. The van der Waals surface area contributed by atoms with Gasteiger partial charge in [-0.15, -0.1) is 0 Å². The fourth-order valence-corrected chi connectivity index (χ4v) is 3.39. The van der Waals surface area contributed by atoms with Crippen LogP contribution in [0.1, 0.15) is 32.1 Å². The van der Waals surface area contributed by atoms with E-state index in [-0.39, 0.29) is 24.1 Å². The second kappa shape index (κ2) is 6.06. The minimum Gasteiger partial charge on any atom is -0.352 e. The van der Waals surface area contributed by atoms with Gasteiger partial charge < -0.3 is 9.88 Å². The molecule has 2 aromatic heterocycles. The maximum atomic E-state index is 12.3. The normalized spacial score (nSPS) is 15.9. The average molecular weight is 318 g/mol. The summed E-state index contributed by atoms with van der Waals surface area (Å²) < 4.78 is 4.15. The van der Waals surface area contributed by atoms with E-state index in [0.717, 1.165) is 30.3 Å². The van der Waals surface area contributed by atoms with Gasteiger partial charge in [0.05, 0.1) is 5.39 Å². The number of aryl methyl sites for hydroxylation is 1. The van der Waals surface area contributed by atoms with E-state index >= 15 is 0 Å². The van der Waals surface area contributed by atoms with E-state index in [9.17, 15) is 14.4 Å². The van der Waals surface area contributed by atoms with E-state index in [1.807, 2.05) is 0 Å². The molecule has 0 bridgehead atoms. The Morgan fingerprint density at radius 2 is 1.87 bits per heavy atom. The zero-order valence-electron chi connectivity index (χ0n) is 13.5. The van der Waals surface area contributed by atoms with Gasteiger partial charge in [0.15, 0.2) is 0 Å². The van der Waals surface area contributed by atoms with Gasteiger partial charge in [-0.2, -0.15) is 0 Å². The fourth-order valence-electron chi connectivity index (χ4n) is 3.39. The van der Waals surface area contributed by atoms with Crippen LogP contribution in [-0.4, -0.2) is 25.7 Å². The molecule has 1 saturated carbocycles. The highest BCUT2D eigenvalue weighted by atomic mass is 16.2. The zero-order chi connectivity index (χ0) is 16.6. The van der Waals surface area contributed by atoms with E-state index in [1.165, 1.54) is 18.0 Å². The molecule has 1 aliphatic rings. The van der Waals surface area contributed by atoms with Crippen molar-refractivity contribution in [3.05, 3.63) is 33.1 Å². The summed E-state index contributed by atoms with van der Waals surface area (Å²) in [6.07, 6.45) is 7.28. The predicted molar refractivity (Wildman–Crippen MR) is 87.4 cm³/mol. The van der Waals surface area contributed by atoms with Gasteiger partial charge >= 0.3 is 5.69 Å². The van der Waals surface area contributed by atoms with Gasteiger partial charge in [-0.25, -0.2) is 4.79 Å². The zero-order valence-corrected chi connectivity index (χ0v) is 13.5. The Bertz CT molecular complexity index is 853. The van der Waals surface area contributed by atoms with Gasteiger partial charge in [-0.1, -0.05) is 19.3 Å². The van der Waals surface area contributed by atoms with E-state index in [4.69, 9.17) is 0 Å². The maximum absolute atomic E-state index is 12.3. The molecule has 1 N–H and O–H groups in total. The van der Waals surface area contributed by atoms with Crippen molar-refractivity contribution in [2.75, 3.05) is 0 Å². The first kappa shape index (κ1) is 15.6. The third kappa shape index (κ3) is 2.83. The molecule has 2 heterocycles. The molecule has 0 aromatic carbocycles. The van der Waals surface area contributed by atoms with E-state index in [2.05, 4.69) is 5.32 Å². The molecule has 124 valence electrons. The topological polar surface area (TPSA) is 78.0 Å². The molecule has 23 heavy (non-hydrogen) atoms. The standard InChI is InChI=1S/C16H22N4O3/c1-18-14-12(15(22)19(2)16(18)23)8-9-20(14)10-13(21)17-11-6-4-3-5-7-11/h8-9,11H,3-7,10H2,1-2H3,(H,17,21). The molecule has 3 rings (SSSR count). The highest BCUT2D eigenvalue weighted by molar-refractivity contribution is 5.80. The Morgan fingerprint density at radius 1 is 1.17 bits per heavy atom. The number of carbonyl (C=O) groups excluding carboxylic acids is 1. The van der Waals surface area contributed by atoms with Crippen LogP contribution in [0.3, 0.4) is 0 Å². The van der Waals surface area contributed by atoms with Crippen molar-refractivity contribution in [2.24, 2.45) is 14.1 Å². The molecular weight excluding hydrogens is 296 g/mol. The molecule has 1 aliphatic carbocycles. The first-order valence-electron chi connectivity index (χ1n) is 8.03. The number of amides is 1. The Hall–Kier alpha value is -2.31. The second-order valence-corrected chi connectivity index (χ2v) is 6.29. The number of aromatic nitrogens is 3. The van der Waals surface area contributed by atoms with Gasteiger partial charge in [0.25, 0.3) is 5.56 Å². The van der Waals surface area contributed by atoms with Gasteiger partial charge in [0.2, 0.25) is 5.91 Å². The molecule has 1 fully saturated rings. The molecule has 0 atom stereocenters. The number of nitrogens with zero attached hydrogens (tertiary/aromatic N) is 3. The summed E-state index contributed by atoms with van der Waals surface area (Å²) in [7, 11) is 3.07. The van der Waals surface area contributed by atoms with Crippen LogP contribution in [0, 0.1) is 0 Å². The van der Waals surface area contributed by atoms with Crippen LogP contribution in [0.15, 0.2) is 21.9 Å². The van der Waals surface area contributed by atoms with Gasteiger partial charge in [-0.05, 0) is 18.9 Å². The molecule has 0 unspecified atom stereocenters. The monoisotopic (exact) mass is 318 g/mol. The number of carbonyl (C=O) groups is 1. The molecule has 0 saturated heterocycles. The van der Waals surface area contributed by atoms with Crippen molar-refractivity contribution in [3.63, 3.8) is 0 Å². The summed E-state index contributed by atoms with van der Waals surface area (Å²) in [6, 6.07) is 1.90. The summed E-state index contributed by atoms with van der Waals surface area (Å²) in [6.45, 7) is 0.112. The molecule has 2 aromatic rings. The molecular formula is C16H22N4O3. The third-order valence-electron chi connectivity index (χ3n) is 4.64. The Morgan fingerprint density at radius 3 is 2.57 bits per heavy atom. The molecule has 7 nitrogen and oxygen atoms in total. The lowest BCUT2D eigenvalue weighted by atomic mass is 9.95. The van der Waals surface area contributed by atoms with Crippen LogP contribution in [0.4, 0.5) is 0 Å². The number of hydrogen-bond acceptors (Lipinski definition) is 3. The second-order valence-electron chi connectivity index (χ2n) is 6.29. The fraction of sp³-hybridized carbons (Fsp3) is 0.562. The highest BCUT2D eigenvalue weighted by Gasteiger charge is 2.18. The van der Waals surface area contributed by atoms with Gasteiger partial charge in [-0.3, -0.25) is 18.7 Å². The van der Waals surface area contributed by atoms with Crippen LogP contribution in [0.5, 0.6) is 0 Å². The molecule has 0 aliphatic heterocycles. The third-order valence-corrected chi connectivity index (χ3v) is 4.64. The summed E-state index contributed by atoms with van der Waals surface area (Å²) in [5.74, 6) is -0.0810. The van der Waals surface area contributed by atoms with Crippen LogP contribution < -0.4 is 16.6 Å². The van der Waals surface area contributed by atoms with Gasteiger partial charge in [0.1, 0.15) is 12.2 Å². The average Bonchev–Trinajstić information content (AvgIpc) is 2.95. The molecule has 0 radical (unpaired) electrons. The Balaban J connectivity index is 1.87. The minimum absolute atomic E-state index is 0.0810. The summed E-state index contributed by atoms with van der Waals surface area (Å²) in [4.78, 5) is 36.5. The lowest BCUT2D eigenvalue weighted by Crippen LogP contribution is -2.39. The van der Waals surface area contributed by atoms with Gasteiger partial charge in [0, 0.05) is 26.3 Å². The molecule has 1 amide bonds. The largest absolute Gasteiger partial charge is 0.352 e. The predicted octanol–water partition coefficient (Wildman–Crippen LogP) is 0.488. The number of hydrogen-bond donors (Lipinski definition) is 1. The summed E-state index contributed by atoms with van der Waals surface area (Å²) in [5, 5.41) is 3.50. The highest BCUT2D eigenvalue weighted by Crippen LogP contribution is 2.17. The minimum atomic E-state index is -0.393. The number of rotatable bonds is 3. The maximum Gasteiger partial charge on any atom is 0.332 e. The quantitative estimate of drug-likeness (QED) is 0.894. The van der Waals surface area contributed by atoms with Crippen molar-refractivity contribution in [1.82, 2.24) is 19.0 Å². The van der Waals surface area contributed by atoms with Crippen molar-refractivity contribution in [3.8, 4) is 0 Å². The summed E-state index contributed by atoms with van der Waals surface area (Å²) >= 11 is 0. The summed E-state index contributed by atoms with van der Waals surface area (Å²) in [5.41, 5.74) is -0.249. The smallest absolute Gasteiger partial charge is 0.332 e. The van der Waals surface area contributed by atoms with Crippen molar-refractivity contribution < 1.29 is 4.79 Å². The first-order valence-corrected chi connectivity index (χ1v) is 8.03. The van der Waals surface area contributed by atoms with E-state index in [0.29, 0.717) is 11.0 Å². The Kier molecular flexibility index (Phi) is 4.11. The number of nitrogens with one attached hydrogen (secondary N) is 1. The van der Waals surface area contributed by atoms with Crippen LogP contribution >= 0.6 is 0 Å². The van der Waals surface area contributed by atoms with E-state index in [1.54, 1.807) is 23.9 Å². The molecule has 0 spiro atoms.